The predicted octanol–water partition coefficient (Wildman–Crippen LogP) is 4.93. The summed E-state index contributed by atoms with van der Waals surface area (Å²) in [6.45, 7) is 0. The number of amidine groups is 2. The Hall–Kier alpha value is -3.41. The molecule has 2 heterocycles. The van der Waals surface area contributed by atoms with Crippen LogP contribution >= 0.6 is 11.6 Å². The minimum absolute atomic E-state index is 0.141. The molecule has 2 aromatic rings. The number of aliphatic imine (C=N–C) groups is 2. The van der Waals surface area contributed by atoms with E-state index in [9.17, 15) is 35.9 Å². The number of carbonyl (C=O) groups excluding carboxylic acids is 2. The lowest BCUT2D eigenvalue weighted by Gasteiger charge is -2.45. The predicted molar refractivity (Wildman–Crippen MR) is 111 cm³/mol. The first-order valence-electron chi connectivity index (χ1n) is 9.60. The molecule has 34 heavy (non-hydrogen) atoms. The molecule has 1 N–H and O–H groups in total. The first-order valence-corrected chi connectivity index (χ1v) is 9.98. The Labute approximate surface area is 192 Å². The molecule has 2 aliphatic rings. The largest absolute Gasteiger partial charge is 0.423 e. The standard InChI is InChI=1S/C21H13ClF6N4O2/c22-12-6-8-13(9-7-12)32-16-15(17(33)30-18(32)34)19(20(23,24)25,21(26,27)28)31-14(29-16)10-11-4-2-1-3-5-11/h1-9,15H,10H2,(H,30,33,34). The van der Waals surface area contributed by atoms with Gasteiger partial charge in [-0.3, -0.25) is 10.1 Å². The van der Waals surface area contributed by atoms with Crippen LogP contribution in [-0.2, 0) is 11.2 Å². The van der Waals surface area contributed by atoms with E-state index in [4.69, 9.17) is 11.6 Å². The van der Waals surface area contributed by atoms with E-state index in [1.807, 2.05) is 0 Å². The van der Waals surface area contributed by atoms with Crippen LogP contribution in [0.25, 0.3) is 0 Å². The summed E-state index contributed by atoms with van der Waals surface area (Å²) in [6.07, 6.45) is -12.6. The van der Waals surface area contributed by atoms with E-state index in [0.717, 1.165) is 0 Å². The van der Waals surface area contributed by atoms with E-state index in [1.54, 1.807) is 11.4 Å². The van der Waals surface area contributed by atoms with Crippen LogP contribution < -0.4 is 10.2 Å². The van der Waals surface area contributed by atoms with Crippen molar-refractivity contribution in [2.75, 3.05) is 4.90 Å². The molecule has 1 atom stereocenters. The van der Waals surface area contributed by atoms with Crippen molar-refractivity contribution in [3.63, 3.8) is 0 Å². The molecule has 0 aromatic heterocycles. The second kappa shape index (κ2) is 8.12. The maximum atomic E-state index is 14.2. The second-order valence-corrected chi connectivity index (χ2v) is 7.90. The Kier molecular flexibility index (Phi) is 5.67. The number of urea groups is 1. The van der Waals surface area contributed by atoms with Gasteiger partial charge >= 0.3 is 18.4 Å². The van der Waals surface area contributed by atoms with Crippen LogP contribution in [-0.4, -0.2) is 41.5 Å². The zero-order valence-electron chi connectivity index (χ0n) is 16.8. The van der Waals surface area contributed by atoms with Gasteiger partial charge in [0.05, 0.1) is 5.69 Å². The van der Waals surface area contributed by atoms with Crippen LogP contribution in [0.3, 0.4) is 0 Å². The SMILES string of the molecule is O=C1NC(=O)N(c2ccc(Cl)cc2)C2=NC(Cc3ccccc3)=NC(C(F)(F)F)(C(F)(F)F)C12. The smallest absolute Gasteiger partial charge is 0.277 e. The summed E-state index contributed by atoms with van der Waals surface area (Å²) in [5, 5.41) is 1.77. The van der Waals surface area contributed by atoms with Crippen molar-refractivity contribution in [3.05, 3.63) is 65.2 Å². The monoisotopic (exact) mass is 502 g/mol. The maximum absolute atomic E-state index is 14.2. The summed E-state index contributed by atoms with van der Waals surface area (Å²) in [7, 11) is 0. The van der Waals surface area contributed by atoms with Crippen molar-refractivity contribution in [2.45, 2.75) is 24.3 Å². The van der Waals surface area contributed by atoms with Gasteiger partial charge in [0, 0.05) is 11.4 Å². The van der Waals surface area contributed by atoms with Gasteiger partial charge < -0.3 is 0 Å². The minimum Gasteiger partial charge on any atom is -0.277 e. The van der Waals surface area contributed by atoms with Crippen LogP contribution in [0.4, 0.5) is 36.8 Å². The molecule has 4 rings (SSSR count). The molecular formula is C21H13ClF6N4O2. The number of rotatable bonds is 3. The van der Waals surface area contributed by atoms with Crippen molar-refractivity contribution in [2.24, 2.45) is 15.9 Å². The lowest BCUT2D eigenvalue weighted by Crippen LogP contribution is -2.73. The van der Waals surface area contributed by atoms with Gasteiger partial charge in [0.25, 0.3) is 5.54 Å². The van der Waals surface area contributed by atoms with E-state index in [-0.39, 0.29) is 10.7 Å². The molecule has 1 saturated heterocycles. The van der Waals surface area contributed by atoms with E-state index >= 15 is 0 Å². The highest BCUT2D eigenvalue weighted by atomic mass is 35.5. The highest BCUT2D eigenvalue weighted by Crippen LogP contribution is 2.53. The molecule has 2 aliphatic heterocycles. The lowest BCUT2D eigenvalue weighted by atomic mass is 9.78. The number of imide groups is 1. The summed E-state index contributed by atoms with van der Waals surface area (Å²) in [5.74, 6) is -6.69. The first-order chi connectivity index (χ1) is 15.8. The number of fused-ring (bicyclic) bond motifs is 1. The molecule has 0 saturated carbocycles. The summed E-state index contributed by atoms with van der Waals surface area (Å²) in [5.41, 5.74) is -4.68. The molecule has 2 aromatic carbocycles. The molecule has 0 spiro atoms. The second-order valence-electron chi connectivity index (χ2n) is 7.46. The molecule has 0 bridgehead atoms. The zero-order chi connectivity index (χ0) is 24.9. The first kappa shape index (κ1) is 23.7. The maximum Gasteiger partial charge on any atom is 0.423 e. The van der Waals surface area contributed by atoms with Crippen molar-refractivity contribution in [1.29, 1.82) is 0 Å². The summed E-state index contributed by atoms with van der Waals surface area (Å²) in [4.78, 5) is 32.5. The Bertz CT molecular complexity index is 1180. The Morgan fingerprint density at radius 2 is 1.53 bits per heavy atom. The molecule has 13 heteroatoms. The molecule has 0 aliphatic carbocycles. The third-order valence-corrected chi connectivity index (χ3v) is 5.56. The fourth-order valence-corrected chi connectivity index (χ4v) is 3.94. The number of hydrogen-bond acceptors (Lipinski definition) is 4. The lowest BCUT2D eigenvalue weighted by molar-refractivity contribution is -0.302. The topological polar surface area (TPSA) is 74.1 Å². The number of amides is 3. The van der Waals surface area contributed by atoms with Crippen LogP contribution in [0.2, 0.25) is 5.02 Å². The van der Waals surface area contributed by atoms with E-state index in [1.165, 1.54) is 48.5 Å². The summed E-state index contributed by atoms with van der Waals surface area (Å²) < 4.78 is 85.5. The van der Waals surface area contributed by atoms with Crippen LogP contribution in [0.1, 0.15) is 5.56 Å². The average Bonchev–Trinajstić information content (AvgIpc) is 2.73. The molecule has 178 valence electrons. The molecule has 0 radical (unpaired) electrons. The third-order valence-electron chi connectivity index (χ3n) is 5.30. The highest BCUT2D eigenvalue weighted by molar-refractivity contribution is 6.33. The van der Waals surface area contributed by atoms with Crippen LogP contribution in [0, 0.1) is 5.92 Å². The van der Waals surface area contributed by atoms with Gasteiger partial charge in [-0.15, -0.1) is 0 Å². The number of halogens is 7. The van der Waals surface area contributed by atoms with E-state index < -0.39 is 53.8 Å². The number of benzene rings is 2. The fraction of sp³-hybridized carbons (Fsp3) is 0.238. The molecule has 1 unspecified atom stereocenters. The number of nitrogens with zero attached hydrogens (tertiary/aromatic N) is 3. The van der Waals surface area contributed by atoms with Crippen molar-refractivity contribution in [1.82, 2.24) is 5.32 Å². The minimum atomic E-state index is -6.05. The summed E-state index contributed by atoms with van der Waals surface area (Å²) >= 11 is 5.81. The molecular weight excluding hydrogens is 490 g/mol. The molecule has 6 nitrogen and oxygen atoms in total. The van der Waals surface area contributed by atoms with Gasteiger partial charge in [-0.25, -0.2) is 19.7 Å². The average molecular weight is 503 g/mol. The van der Waals surface area contributed by atoms with Gasteiger partial charge in [0.1, 0.15) is 17.6 Å². The highest BCUT2D eigenvalue weighted by Gasteiger charge is 2.79. The number of alkyl halides is 6. The van der Waals surface area contributed by atoms with E-state index in [0.29, 0.717) is 10.5 Å². The summed E-state index contributed by atoms with van der Waals surface area (Å²) in [6, 6.07) is 11.3. The number of anilines is 1. The van der Waals surface area contributed by atoms with Gasteiger partial charge in [0.15, 0.2) is 0 Å². The number of hydrogen-bond donors (Lipinski definition) is 1. The van der Waals surface area contributed by atoms with Gasteiger partial charge in [0.2, 0.25) is 5.91 Å². The van der Waals surface area contributed by atoms with Crippen molar-refractivity contribution in [3.8, 4) is 0 Å². The van der Waals surface area contributed by atoms with Crippen molar-refractivity contribution < 1.29 is 35.9 Å². The Morgan fingerprint density at radius 1 is 0.941 bits per heavy atom. The van der Waals surface area contributed by atoms with Gasteiger partial charge in [-0.1, -0.05) is 41.9 Å². The van der Waals surface area contributed by atoms with Gasteiger partial charge in [-0.2, -0.15) is 26.3 Å². The Balaban J connectivity index is 1.98. The van der Waals surface area contributed by atoms with Crippen LogP contribution in [0.15, 0.2) is 64.6 Å². The van der Waals surface area contributed by atoms with Gasteiger partial charge in [-0.05, 0) is 29.8 Å². The third kappa shape index (κ3) is 3.81. The van der Waals surface area contributed by atoms with E-state index in [2.05, 4.69) is 9.98 Å². The van der Waals surface area contributed by atoms with Crippen molar-refractivity contribution >= 4 is 40.9 Å². The Morgan fingerprint density at radius 3 is 2.09 bits per heavy atom. The molecule has 1 fully saturated rings. The number of nitrogens with one attached hydrogen (secondary N) is 1. The van der Waals surface area contributed by atoms with Crippen LogP contribution in [0.5, 0.6) is 0 Å². The fourth-order valence-electron chi connectivity index (χ4n) is 3.81. The normalized spacial score (nSPS) is 20.3. The zero-order valence-corrected chi connectivity index (χ0v) is 17.5. The number of carbonyl (C=O) groups is 2. The molecule has 3 amide bonds. The quantitative estimate of drug-likeness (QED) is 0.605.